The van der Waals surface area contributed by atoms with E-state index in [-0.39, 0.29) is 18.3 Å². The molecule has 208 valence electrons. The number of ether oxygens (including phenoxy) is 2. The number of benzene rings is 2. The number of para-hydroxylation sites is 1. The molecule has 0 bridgehead atoms. The van der Waals surface area contributed by atoms with Gasteiger partial charge in [0, 0.05) is 34.6 Å². The van der Waals surface area contributed by atoms with Gasteiger partial charge >= 0.3 is 0 Å². The molecule has 1 amide bonds. The van der Waals surface area contributed by atoms with Crippen LogP contribution in [0.25, 0.3) is 0 Å². The first kappa shape index (κ1) is 29.2. The minimum Gasteiger partial charge on any atom is -0.490 e. The molecule has 0 fully saturated rings. The van der Waals surface area contributed by atoms with E-state index >= 15 is 0 Å². The minimum absolute atomic E-state index is 0.0880. The highest BCUT2D eigenvalue weighted by molar-refractivity contribution is 9.10. The smallest absolute Gasteiger partial charge is 0.247 e. The molecule has 2 aromatic carbocycles. The number of anilines is 1. The van der Waals surface area contributed by atoms with E-state index in [2.05, 4.69) is 46.1 Å². The van der Waals surface area contributed by atoms with E-state index in [0.717, 1.165) is 41.8 Å². The lowest BCUT2D eigenvalue weighted by Gasteiger charge is -2.35. The number of amides is 1. The van der Waals surface area contributed by atoms with Crippen LogP contribution in [0.4, 0.5) is 5.69 Å². The monoisotopic (exact) mass is 603 g/mol. The Bertz CT molecular complexity index is 1440. The predicted molar refractivity (Wildman–Crippen MR) is 159 cm³/mol. The topological polar surface area (TPSA) is 100 Å². The number of rotatable bonds is 10. The lowest BCUT2D eigenvalue weighted by molar-refractivity contribution is -0.117. The molecule has 1 aliphatic heterocycles. The molecule has 8 heteroatoms. The molecule has 40 heavy (non-hydrogen) atoms. The van der Waals surface area contributed by atoms with Gasteiger partial charge in [0.25, 0.3) is 0 Å². The van der Waals surface area contributed by atoms with Gasteiger partial charge in [-0.2, -0.15) is 5.26 Å². The molecular weight excluding hydrogens is 570 g/mol. The zero-order valence-electron chi connectivity index (χ0n) is 23.1. The fourth-order valence-corrected chi connectivity index (χ4v) is 6.05. The third kappa shape index (κ3) is 6.15. The molecule has 0 aromatic heterocycles. The van der Waals surface area contributed by atoms with Crippen LogP contribution >= 0.6 is 15.9 Å². The number of allylic oxidation sites excluding steroid dienone is 4. The van der Waals surface area contributed by atoms with Crippen molar-refractivity contribution in [2.24, 2.45) is 5.92 Å². The molecule has 2 unspecified atom stereocenters. The van der Waals surface area contributed by atoms with E-state index in [1.54, 1.807) is 6.07 Å². The van der Waals surface area contributed by atoms with Crippen molar-refractivity contribution in [1.29, 1.82) is 5.26 Å². The van der Waals surface area contributed by atoms with Crippen molar-refractivity contribution in [3.63, 3.8) is 0 Å². The molecule has 1 aliphatic carbocycles. The minimum atomic E-state index is -0.490. The van der Waals surface area contributed by atoms with E-state index in [0.29, 0.717) is 51.8 Å². The Morgan fingerprint density at radius 2 is 2.02 bits per heavy atom. The van der Waals surface area contributed by atoms with Crippen LogP contribution in [0.1, 0.15) is 63.5 Å². The molecular formula is C32H34BrN3O4. The standard InChI is InChI=1S/C32H34BrN3O4/c1-5-10-20-13-26-31(27(37)14-20)30(23(17-34)19(4)35-26)22-15-24(33)32(28(16-22)39-7-3)40-18-21-11-8-9-12-25(21)36-29(38)6-2/h6,8-9,11-12,15-16,20,30,35H,2,5,7,10,13-14,18H2,1,3-4H3,(H,36,38). The molecule has 1 heterocycles. The average Bonchev–Trinajstić information content (AvgIpc) is 2.92. The number of Topliss-reactive ketones (excluding diaryl/α,β-unsaturated/α-hetero) is 1. The zero-order chi connectivity index (χ0) is 28.8. The molecule has 7 nitrogen and oxygen atoms in total. The van der Waals surface area contributed by atoms with Crippen molar-refractivity contribution in [3.8, 4) is 17.6 Å². The lowest BCUT2D eigenvalue weighted by Crippen LogP contribution is -2.34. The average molecular weight is 605 g/mol. The normalized spacial score (nSPS) is 18.4. The molecule has 4 rings (SSSR count). The van der Waals surface area contributed by atoms with Gasteiger partial charge in [-0.25, -0.2) is 0 Å². The Hall–Kier alpha value is -3.83. The van der Waals surface area contributed by atoms with Crippen LogP contribution in [0, 0.1) is 17.2 Å². The summed E-state index contributed by atoms with van der Waals surface area (Å²) in [4.78, 5) is 25.4. The van der Waals surface area contributed by atoms with Crippen molar-refractivity contribution in [3.05, 3.63) is 87.2 Å². The highest BCUT2D eigenvalue weighted by Crippen LogP contribution is 2.47. The molecule has 0 spiro atoms. The van der Waals surface area contributed by atoms with Crippen LogP contribution in [-0.2, 0) is 16.2 Å². The number of dihydropyridines is 1. The van der Waals surface area contributed by atoms with Crippen molar-refractivity contribution < 1.29 is 19.1 Å². The molecule has 0 saturated heterocycles. The van der Waals surface area contributed by atoms with Gasteiger partial charge in [-0.15, -0.1) is 0 Å². The Morgan fingerprint density at radius 1 is 1.25 bits per heavy atom. The molecule has 0 radical (unpaired) electrons. The maximum Gasteiger partial charge on any atom is 0.247 e. The number of halogens is 1. The van der Waals surface area contributed by atoms with E-state index in [1.165, 1.54) is 6.08 Å². The highest BCUT2D eigenvalue weighted by Gasteiger charge is 2.39. The largest absolute Gasteiger partial charge is 0.490 e. The second-order valence-electron chi connectivity index (χ2n) is 9.99. The molecule has 2 aromatic rings. The first-order valence-electron chi connectivity index (χ1n) is 13.6. The van der Waals surface area contributed by atoms with Crippen molar-refractivity contribution in [2.45, 2.75) is 59.0 Å². The number of carbonyl (C=O) groups excluding carboxylic acids is 2. The second kappa shape index (κ2) is 13.0. The molecule has 0 saturated carbocycles. The van der Waals surface area contributed by atoms with Crippen molar-refractivity contribution in [2.75, 3.05) is 11.9 Å². The quantitative estimate of drug-likeness (QED) is 0.282. The summed E-state index contributed by atoms with van der Waals surface area (Å²) in [6, 6.07) is 13.5. The van der Waals surface area contributed by atoms with E-state index < -0.39 is 5.92 Å². The SMILES string of the molecule is C=CC(=O)Nc1ccccc1COc1c(Br)cc(C2C(C#N)=C(C)NC3=C2C(=O)CC(CCC)C3)cc1OCC. The summed E-state index contributed by atoms with van der Waals surface area (Å²) in [5, 5.41) is 16.3. The number of nitrogens with one attached hydrogen (secondary N) is 2. The van der Waals surface area contributed by atoms with Crippen molar-refractivity contribution in [1.82, 2.24) is 5.32 Å². The fraction of sp³-hybridized carbons (Fsp3) is 0.344. The number of hydrogen-bond acceptors (Lipinski definition) is 6. The van der Waals surface area contributed by atoms with Crippen molar-refractivity contribution >= 4 is 33.3 Å². The Balaban J connectivity index is 1.72. The summed E-state index contributed by atoms with van der Waals surface area (Å²) in [5.74, 6) is 0.596. The Labute approximate surface area is 244 Å². The van der Waals surface area contributed by atoms with Crippen LogP contribution in [0.15, 0.2) is 76.1 Å². The van der Waals surface area contributed by atoms with Gasteiger partial charge in [-0.05, 0) is 78.4 Å². The van der Waals surface area contributed by atoms with Gasteiger partial charge in [-0.1, -0.05) is 38.1 Å². The summed E-state index contributed by atoms with van der Waals surface area (Å²) in [6.45, 7) is 10.00. The van der Waals surface area contributed by atoms with Crippen LogP contribution in [0.2, 0.25) is 0 Å². The first-order valence-corrected chi connectivity index (χ1v) is 14.3. The highest BCUT2D eigenvalue weighted by atomic mass is 79.9. The van der Waals surface area contributed by atoms with E-state index in [4.69, 9.17) is 9.47 Å². The van der Waals surface area contributed by atoms with Crippen LogP contribution in [-0.4, -0.2) is 18.3 Å². The first-order chi connectivity index (χ1) is 19.3. The van der Waals surface area contributed by atoms with Crippen LogP contribution in [0.5, 0.6) is 11.5 Å². The van der Waals surface area contributed by atoms with Crippen LogP contribution in [0.3, 0.4) is 0 Å². The molecule has 2 N–H and O–H groups in total. The third-order valence-electron chi connectivity index (χ3n) is 7.23. The fourth-order valence-electron chi connectivity index (χ4n) is 5.47. The van der Waals surface area contributed by atoms with Gasteiger partial charge < -0.3 is 20.1 Å². The number of nitriles is 1. The number of carbonyl (C=O) groups is 2. The van der Waals surface area contributed by atoms with Gasteiger partial charge in [-0.3, -0.25) is 9.59 Å². The summed E-state index contributed by atoms with van der Waals surface area (Å²) in [7, 11) is 0. The van der Waals surface area contributed by atoms with Gasteiger partial charge in [0.1, 0.15) is 6.61 Å². The summed E-state index contributed by atoms with van der Waals surface area (Å²) in [6.07, 6.45) is 4.53. The maximum atomic E-state index is 13.5. The maximum absolute atomic E-state index is 13.5. The van der Waals surface area contributed by atoms with E-state index in [1.807, 2.05) is 44.2 Å². The summed E-state index contributed by atoms with van der Waals surface area (Å²) < 4.78 is 12.9. The van der Waals surface area contributed by atoms with Gasteiger partial charge in [0.15, 0.2) is 17.3 Å². The van der Waals surface area contributed by atoms with E-state index in [9.17, 15) is 14.9 Å². The summed E-state index contributed by atoms with van der Waals surface area (Å²) >= 11 is 3.66. The number of hydrogen-bond donors (Lipinski definition) is 2. The van der Waals surface area contributed by atoms with Gasteiger partial charge in [0.05, 0.1) is 28.6 Å². The number of nitrogens with zero attached hydrogens (tertiary/aromatic N) is 1. The third-order valence-corrected chi connectivity index (χ3v) is 7.82. The predicted octanol–water partition coefficient (Wildman–Crippen LogP) is 7.07. The molecule has 2 aliphatic rings. The van der Waals surface area contributed by atoms with Crippen LogP contribution < -0.4 is 20.1 Å². The summed E-state index contributed by atoms with van der Waals surface area (Å²) in [5.41, 5.74) is 5.08. The molecule has 2 atom stereocenters. The van der Waals surface area contributed by atoms with Gasteiger partial charge in [0.2, 0.25) is 5.91 Å². The lowest BCUT2D eigenvalue weighted by atomic mass is 9.72. The number of ketones is 1. The second-order valence-corrected chi connectivity index (χ2v) is 10.8. The Kier molecular flexibility index (Phi) is 9.49. The zero-order valence-corrected chi connectivity index (χ0v) is 24.7. The Morgan fingerprint density at radius 3 is 2.73 bits per heavy atom.